The first-order chi connectivity index (χ1) is 10.3. The van der Waals surface area contributed by atoms with E-state index in [4.69, 9.17) is 16.3 Å². The number of amides is 1. The Morgan fingerprint density at radius 3 is 2.36 bits per heavy atom. The third-order valence-electron chi connectivity index (χ3n) is 2.95. The van der Waals surface area contributed by atoms with Gasteiger partial charge in [0, 0.05) is 11.4 Å². The maximum atomic E-state index is 11.9. The molecule has 0 aliphatic heterocycles. The molecule has 0 fully saturated rings. The first-order valence-corrected chi connectivity index (χ1v) is 7.24. The van der Waals surface area contributed by atoms with Crippen LogP contribution in [-0.2, 0) is 4.79 Å². The minimum atomic E-state index is -0.332. The summed E-state index contributed by atoms with van der Waals surface area (Å²) in [5, 5.41) is 3.11. The van der Waals surface area contributed by atoms with Crippen LogP contribution in [0.25, 0.3) is 0 Å². The predicted molar refractivity (Wildman–Crippen MR) is 86.6 cm³/mol. The number of hydrogen-bond donors (Lipinski definition) is 1. The monoisotopic (exact) mass is 319 g/mol. The van der Waals surface area contributed by atoms with Crippen LogP contribution in [0.4, 0.5) is 5.95 Å². The summed E-state index contributed by atoms with van der Waals surface area (Å²) in [6, 6.07) is 5.59. The van der Waals surface area contributed by atoms with Crippen molar-refractivity contribution in [1.29, 1.82) is 0 Å². The van der Waals surface area contributed by atoms with E-state index in [0.29, 0.717) is 10.8 Å². The predicted octanol–water partition coefficient (Wildman–Crippen LogP) is 3.38. The van der Waals surface area contributed by atoms with Gasteiger partial charge in [-0.05, 0) is 51.0 Å². The zero-order chi connectivity index (χ0) is 16.3. The molecule has 0 aliphatic carbocycles. The Bertz CT molecular complexity index is 673. The molecule has 1 heterocycles. The molecule has 0 radical (unpaired) electrons. The summed E-state index contributed by atoms with van der Waals surface area (Å²) in [6.45, 7) is 7.37. The van der Waals surface area contributed by atoms with Crippen molar-refractivity contribution in [3.63, 3.8) is 0 Å². The molecule has 116 valence electrons. The minimum Gasteiger partial charge on any atom is -0.482 e. The summed E-state index contributed by atoms with van der Waals surface area (Å²) in [5.41, 5.74) is 3.52. The highest BCUT2D eigenvalue weighted by Gasteiger charge is 2.11. The molecular formula is C16H18ClN3O2. The number of ether oxygens (including phenoxy) is 1. The van der Waals surface area contributed by atoms with Crippen LogP contribution >= 0.6 is 11.6 Å². The lowest BCUT2D eigenvalue weighted by Crippen LogP contribution is -2.22. The van der Waals surface area contributed by atoms with Gasteiger partial charge in [-0.25, -0.2) is 9.97 Å². The molecule has 22 heavy (non-hydrogen) atoms. The van der Waals surface area contributed by atoms with Crippen molar-refractivity contribution in [2.45, 2.75) is 27.7 Å². The van der Waals surface area contributed by atoms with Gasteiger partial charge in [0.1, 0.15) is 5.75 Å². The van der Waals surface area contributed by atoms with Crippen LogP contribution in [0.15, 0.2) is 18.2 Å². The Kier molecular flexibility index (Phi) is 4.98. The lowest BCUT2D eigenvalue weighted by atomic mass is 10.1. The molecule has 0 bridgehead atoms. The quantitative estimate of drug-likeness (QED) is 0.938. The number of carbonyl (C=O) groups excluding carboxylic acids is 1. The first kappa shape index (κ1) is 16.2. The number of hydrogen-bond acceptors (Lipinski definition) is 4. The van der Waals surface area contributed by atoms with E-state index in [1.54, 1.807) is 6.07 Å². The topological polar surface area (TPSA) is 64.1 Å². The number of rotatable bonds is 4. The van der Waals surface area contributed by atoms with Gasteiger partial charge in [0.25, 0.3) is 5.91 Å². The van der Waals surface area contributed by atoms with Gasteiger partial charge in [-0.2, -0.15) is 0 Å². The fourth-order valence-electron chi connectivity index (χ4n) is 2.17. The largest absolute Gasteiger partial charge is 0.482 e. The summed E-state index contributed by atoms with van der Waals surface area (Å²) >= 11 is 6.14. The fourth-order valence-corrected chi connectivity index (χ4v) is 2.54. The van der Waals surface area contributed by atoms with Crippen LogP contribution < -0.4 is 10.1 Å². The van der Waals surface area contributed by atoms with Crippen molar-refractivity contribution >= 4 is 23.5 Å². The second-order valence-corrected chi connectivity index (χ2v) is 5.61. The molecule has 1 amide bonds. The minimum absolute atomic E-state index is 0.153. The first-order valence-electron chi connectivity index (χ1n) is 6.87. The number of nitrogens with zero attached hydrogens (tertiary/aromatic N) is 2. The van der Waals surface area contributed by atoms with Crippen molar-refractivity contribution < 1.29 is 9.53 Å². The van der Waals surface area contributed by atoms with Gasteiger partial charge in [-0.15, -0.1) is 0 Å². The van der Waals surface area contributed by atoms with Crippen molar-refractivity contribution in [3.05, 3.63) is 45.7 Å². The number of benzene rings is 1. The van der Waals surface area contributed by atoms with Crippen molar-refractivity contribution in [1.82, 2.24) is 9.97 Å². The van der Waals surface area contributed by atoms with Gasteiger partial charge >= 0.3 is 0 Å². The smallest absolute Gasteiger partial charge is 0.264 e. The molecule has 0 saturated carbocycles. The van der Waals surface area contributed by atoms with Crippen LogP contribution in [0.2, 0.25) is 5.02 Å². The lowest BCUT2D eigenvalue weighted by molar-refractivity contribution is -0.118. The van der Waals surface area contributed by atoms with Crippen molar-refractivity contribution in [2.75, 3.05) is 11.9 Å². The highest BCUT2D eigenvalue weighted by atomic mass is 35.5. The Morgan fingerprint density at radius 2 is 1.77 bits per heavy atom. The van der Waals surface area contributed by atoms with E-state index in [-0.39, 0.29) is 18.5 Å². The maximum Gasteiger partial charge on any atom is 0.264 e. The van der Waals surface area contributed by atoms with Gasteiger partial charge in [-0.1, -0.05) is 17.7 Å². The van der Waals surface area contributed by atoms with Gasteiger partial charge in [0.2, 0.25) is 5.95 Å². The standard InChI is InChI=1S/C16H18ClN3O2/c1-9-5-10(2)15(13(17)6-9)22-8-14(21)20-16-18-11(3)7-12(4)19-16/h5-7H,8H2,1-4H3,(H,18,19,20,21). The molecule has 0 saturated heterocycles. The van der Waals surface area contributed by atoms with E-state index in [0.717, 1.165) is 22.5 Å². The average Bonchev–Trinajstić information content (AvgIpc) is 2.35. The summed E-state index contributed by atoms with van der Waals surface area (Å²) in [4.78, 5) is 20.2. The van der Waals surface area contributed by atoms with Crippen molar-refractivity contribution in [2.24, 2.45) is 0 Å². The summed E-state index contributed by atoms with van der Waals surface area (Å²) < 4.78 is 5.52. The molecule has 0 unspecified atom stereocenters. The Labute approximate surface area is 134 Å². The average molecular weight is 320 g/mol. The molecular weight excluding hydrogens is 302 g/mol. The third kappa shape index (κ3) is 4.18. The number of aryl methyl sites for hydroxylation is 4. The highest BCUT2D eigenvalue weighted by molar-refractivity contribution is 6.32. The maximum absolute atomic E-state index is 11.9. The van der Waals surface area contributed by atoms with E-state index in [1.807, 2.05) is 39.8 Å². The zero-order valence-corrected chi connectivity index (χ0v) is 13.8. The fraction of sp³-hybridized carbons (Fsp3) is 0.312. The lowest BCUT2D eigenvalue weighted by Gasteiger charge is -2.12. The van der Waals surface area contributed by atoms with E-state index in [1.165, 1.54) is 0 Å². The molecule has 0 spiro atoms. The second-order valence-electron chi connectivity index (χ2n) is 5.20. The molecule has 2 rings (SSSR count). The van der Waals surface area contributed by atoms with E-state index in [2.05, 4.69) is 15.3 Å². The summed E-state index contributed by atoms with van der Waals surface area (Å²) in [5.74, 6) is 0.461. The highest BCUT2D eigenvalue weighted by Crippen LogP contribution is 2.29. The zero-order valence-electron chi connectivity index (χ0n) is 13.0. The van der Waals surface area contributed by atoms with Gasteiger partial charge in [-0.3, -0.25) is 10.1 Å². The molecule has 5 nitrogen and oxygen atoms in total. The number of carbonyl (C=O) groups is 1. The van der Waals surface area contributed by atoms with Gasteiger partial charge in [0.15, 0.2) is 6.61 Å². The SMILES string of the molecule is Cc1cc(C)c(OCC(=O)Nc2nc(C)cc(C)n2)c(Cl)c1. The van der Waals surface area contributed by atoms with E-state index >= 15 is 0 Å². The Morgan fingerprint density at radius 1 is 1.14 bits per heavy atom. The number of halogens is 1. The summed E-state index contributed by atoms with van der Waals surface area (Å²) in [7, 11) is 0. The van der Waals surface area contributed by atoms with Gasteiger partial charge in [0.05, 0.1) is 5.02 Å². The van der Waals surface area contributed by atoms with Crippen LogP contribution in [0, 0.1) is 27.7 Å². The number of nitrogens with one attached hydrogen (secondary N) is 1. The van der Waals surface area contributed by atoms with Crippen LogP contribution in [-0.4, -0.2) is 22.5 Å². The number of aromatic nitrogens is 2. The third-order valence-corrected chi connectivity index (χ3v) is 3.24. The molecule has 1 aromatic carbocycles. The van der Waals surface area contributed by atoms with Crippen LogP contribution in [0.3, 0.4) is 0 Å². The summed E-state index contributed by atoms with van der Waals surface area (Å²) in [6.07, 6.45) is 0. The number of anilines is 1. The molecule has 2 aromatic rings. The van der Waals surface area contributed by atoms with E-state index < -0.39 is 0 Å². The molecule has 6 heteroatoms. The molecule has 1 N–H and O–H groups in total. The molecule has 0 aliphatic rings. The van der Waals surface area contributed by atoms with Crippen LogP contribution in [0.5, 0.6) is 5.75 Å². The molecule has 0 atom stereocenters. The van der Waals surface area contributed by atoms with Crippen molar-refractivity contribution in [3.8, 4) is 5.75 Å². The van der Waals surface area contributed by atoms with E-state index in [9.17, 15) is 4.79 Å². The molecule has 1 aromatic heterocycles. The second kappa shape index (κ2) is 6.75. The van der Waals surface area contributed by atoms with Gasteiger partial charge < -0.3 is 4.74 Å². The Balaban J connectivity index is 2.01. The Hall–Kier alpha value is -2.14. The van der Waals surface area contributed by atoms with Crippen LogP contribution in [0.1, 0.15) is 22.5 Å². The normalized spacial score (nSPS) is 10.4.